The molecule has 27 heavy (non-hydrogen) atoms. The van der Waals surface area contributed by atoms with Crippen molar-refractivity contribution in [1.29, 1.82) is 0 Å². The maximum atomic E-state index is 6.08. The fourth-order valence-electron chi connectivity index (χ4n) is 3.36. The SMILES string of the molecule is CCCCCCCCCCSC(CCCn1ccnc1)c1ccc(Cl)cc1. The summed E-state index contributed by atoms with van der Waals surface area (Å²) in [6, 6.07) is 8.45. The molecule has 0 radical (unpaired) electrons. The Labute approximate surface area is 175 Å². The van der Waals surface area contributed by atoms with E-state index in [9.17, 15) is 0 Å². The average molecular weight is 407 g/mol. The van der Waals surface area contributed by atoms with Crippen LogP contribution in [0.25, 0.3) is 0 Å². The smallest absolute Gasteiger partial charge is 0.0945 e. The summed E-state index contributed by atoms with van der Waals surface area (Å²) in [6.45, 7) is 3.33. The molecule has 1 aromatic carbocycles. The van der Waals surface area contributed by atoms with E-state index in [1.54, 1.807) is 0 Å². The van der Waals surface area contributed by atoms with Crippen LogP contribution in [0.5, 0.6) is 0 Å². The number of hydrogen-bond acceptors (Lipinski definition) is 2. The first-order valence-electron chi connectivity index (χ1n) is 10.6. The topological polar surface area (TPSA) is 17.8 Å². The van der Waals surface area contributed by atoms with Crippen LogP contribution in [-0.2, 0) is 6.54 Å². The lowest BCUT2D eigenvalue weighted by molar-refractivity contribution is 0.585. The van der Waals surface area contributed by atoms with Gasteiger partial charge < -0.3 is 4.57 Å². The number of aryl methyl sites for hydroxylation is 1. The van der Waals surface area contributed by atoms with E-state index in [1.165, 1.54) is 75.5 Å². The minimum atomic E-state index is 0.565. The van der Waals surface area contributed by atoms with E-state index in [4.69, 9.17) is 11.6 Å². The average Bonchev–Trinajstić information content (AvgIpc) is 3.19. The Morgan fingerprint density at radius 1 is 0.963 bits per heavy atom. The molecule has 150 valence electrons. The van der Waals surface area contributed by atoms with Gasteiger partial charge in [0.05, 0.1) is 6.33 Å². The number of unbranched alkanes of at least 4 members (excludes halogenated alkanes) is 7. The standard InChI is InChI=1S/C23H35ClN2S/c1-2-3-4-5-6-7-8-9-19-27-23(21-12-14-22(24)15-13-21)11-10-17-26-18-16-25-20-26/h12-16,18,20,23H,2-11,17,19H2,1H3. The van der Waals surface area contributed by atoms with Gasteiger partial charge in [0.2, 0.25) is 0 Å². The predicted octanol–water partition coefficient (Wildman–Crippen LogP) is 7.93. The summed E-state index contributed by atoms with van der Waals surface area (Å²) in [5.74, 6) is 1.26. The highest BCUT2D eigenvalue weighted by molar-refractivity contribution is 7.99. The zero-order valence-electron chi connectivity index (χ0n) is 16.8. The lowest BCUT2D eigenvalue weighted by Gasteiger charge is -2.17. The van der Waals surface area contributed by atoms with Crippen molar-refractivity contribution in [2.75, 3.05) is 5.75 Å². The maximum absolute atomic E-state index is 6.08. The Hall–Kier alpha value is -0.930. The molecule has 1 unspecified atom stereocenters. The molecule has 1 atom stereocenters. The number of halogens is 1. The van der Waals surface area contributed by atoms with Crippen molar-refractivity contribution in [2.24, 2.45) is 0 Å². The highest BCUT2D eigenvalue weighted by atomic mass is 35.5. The Balaban J connectivity index is 1.68. The van der Waals surface area contributed by atoms with E-state index in [-0.39, 0.29) is 0 Å². The first-order valence-corrected chi connectivity index (χ1v) is 12.0. The Bertz CT molecular complexity index is 583. The molecule has 0 saturated heterocycles. The van der Waals surface area contributed by atoms with Gasteiger partial charge in [0.1, 0.15) is 0 Å². The van der Waals surface area contributed by atoms with Crippen molar-refractivity contribution in [3.05, 3.63) is 53.6 Å². The van der Waals surface area contributed by atoms with Gasteiger partial charge in [-0.05, 0) is 42.7 Å². The van der Waals surface area contributed by atoms with Crippen LogP contribution in [0.2, 0.25) is 5.02 Å². The molecule has 0 bridgehead atoms. The van der Waals surface area contributed by atoms with Crippen LogP contribution >= 0.6 is 23.4 Å². The molecule has 0 spiro atoms. The largest absolute Gasteiger partial charge is 0.337 e. The Morgan fingerprint density at radius 3 is 2.33 bits per heavy atom. The van der Waals surface area contributed by atoms with Gasteiger partial charge in [-0.2, -0.15) is 11.8 Å². The Morgan fingerprint density at radius 2 is 1.67 bits per heavy atom. The van der Waals surface area contributed by atoms with E-state index in [0.29, 0.717) is 5.25 Å². The molecule has 0 aliphatic heterocycles. The van der Waals surface area contributed by atoms with E-state index in [0.717, 1.165) is 11.6 Å². The van der Waals surface area contributed by atoms with Gasteiger partial charge in [-0.15, -0.1) is 0 Å². The van der Waals surface area contributed by atoms with Crippen molar-refractivity contribution < 1.29 is 0 Å². The van der Waals surface area contributed by atoms with E-state index in [2.05, 4.69) is 40.4 Å². The molecule has 0 aliphatic carbocycles. The third-order valence-electron chi connectivity index (χ3n) is 5.00. The van der Waals surface area contributed by atoms with Gasteiger partial charge >= 0.3 is 0 Å². The number of aromatic nitrogens is 2. The van der Waals surface area contributed by atoms with E-state index < -0.39 is 0 Å². The van der Waals surface area contributed by atoms with Crippen LogP contribution in [0.3, 0.4) is 0 Å². The van der Waals surface area contributed by atoms with E-state index >= 15 is 0 Å². The molecule has 0 amide bonds. The maximum Gasteiger partial charge on any atom is 0.0945 e. The highest BCUT2D eigenvalue weighted by Crippen LogP contribution is 2.34. The van der Waals surface area contributed by atoms with Crippen molar-refractivity contribution in [2.45, 2.75) is 82.9 Å². The molecule has 2 rings (SSSR count). The molecule has 0 N–H and O–H groups in total. The van der Waals surface area contributed by atoms with Gasteiger partial charge in [-0.1, -0.05) is 75.6 Å². The van der Waals surface area contributed by atoms with Gasteiger partial charge in [0.15, 0.2) is 0 Å². The van der Waals surface area contributed by atoms with Crippen LogP contribution in [-0.4, -0.2) is 15.3 Å². The highest BCUT2D eigenvalue weighted by Gasteiger charge is 2.12. The number of rotatable bonds is 15. The summed E-state index contributed by atoms with van der Waals surface area (Å²) < 4.78 is 2.17. The van der Waals surface area contributed by atoms with Gasteiger partial charge in [-0.25, -0.2) is 4.98 Å². The fraction of sp³-hybridized carbons (Fsp3) is 0.609. The lowest BCUT2D eigenvalue weighted by atomic mass is 10.1. The zero-order valence-corrected chi connectivity index (χ0v) is 18.4. The minimum absolute atomic E-state index is 0.565. The van der Waals surface area contributed by atoms with Crippen LogP contribution in [0.15, 0.2) is 43.0 Å². The molecule has 0 aliphatic rings. The van der Waals surface area contributed by atoms with Crippen LogP contribution in [0.4, 0.5) is 0 Å². The number of thioether (sulfide) groups is 1. The second-order valence-electron chi connectivity index (χ2n) is 7.33. The summed E-state index contributed by atoms with van der Waals surface area (Å²) in [4.78, 5) is 4.13. The first-order chi connectivity index (χ1) is 13.3. The molecule has 2 aromatic rings. The molecule has 1 aromatic heterocycles. The second kappa shape index (κ2) is 14.1. The summed E-state index contributed by atoms with van der Waals surface area (Å²) in [5, 5.41) is 1.39. The molecule has 4 heteroatoms. The van der Waals surface area contributed by atoms with Crippen LogP contribution < -0.4 is 0 Å². The summed E-state index contributed by atoms with van der Waals surface area (Å²) in [7, 11) is 0. The quantitative estimate of drug-likeness (QED) is 0.279. The zero-order chi connectivity index (χ0) is 19.2. The molecule has 0 saturated carbocycles. The summed E-state index contributed by atoms with van der Waals surface area (Å²) >= 11 is 8.20. The number of nitrogens with zero attached hydrogens (tertiary/aromatic N) is 2. The molecular formula is C23H35ClN2S. The predicted molar refractivity (Wildman–Crippen MR) is 121 cm³/mol. The van der Waals surface area contributed by atoms with Crippen molar-refractivity contribution >= 4 is 23.4 Å². The van der Waals surface area contributed by atoms with Gasteiger partial charge in [-0.3, -0.25) is 0 Å². The van der Waals surface area contributed by atoms with Crippen molar-refractivity contribution in [1.82, 2.24) is 9.55 Å². The molecule has 2 nitrogen and oxygen atoms in total. The molecule has 1 heterocycles. The van der Waals surface area contributed by atoms with Gasteiger partial charge in [0, 0.05) is 29.2 Å². The fourth-order valence-corrected chi connectivity index (χ4v) is 4.83. The van der Waals surface area contributed by atoms with Crippen LogP contribution in [0.1, 0.15) is 81.9 Å². The number of benzene rings is 1. The number of hydrogen-bond donors (Lipinski definition) is 0. The number of imidazole rings is 1. The summed E-state index contributed by atoms with van der Waals surface area (Å²) in [5.41, 5.74) is 1.41. The second-order valence-corrected chi connectivity index (χ2v) is 9.08. The van der Waals surface area contributed by atoms with Crippen LogP contribution in [0, 0.1) is 0 Å². The third-order valence-corrected chi connectivity index (χ3v) is 6.69. The normalized spacial score (nSPS) is 12.4. The Kier molecular flexibility index (Phi) is 11.7. The minimum Gasteiger partial charge on any atom is -0.337 e. The van der Waals surface area contributed by atoms with Gasteiger partial charge in [0.25, 0.3) is 0 Å². The third kappa shape index (κ3) is 9.71. The monoisotopic (exact) mass is 406 g/mol. The lowest BCUT2D eigenvalue weighted by Crippen LogP contribution is -2.00. The van der Waals surface area contributed by atoms with E-state index in [1.807, 2.05) is 30.9 Å². The molecular weight excluding hydrogens is 372 g/mol. The van der Waals surface area contributed by atoms with Crippen molar-refractivity contribution in [3.63, 3.8) is 0 Å². The van der Waals surface area contributed by atoms with Crippen molar-refractivity contribution in [3.8, 4) is 0 Å². The first kappa shape index (κ1) is 22.4. The molecule has 0 fully saturated rings. The summed E-state index contributed by atoms with van der Waals surface area (Å²) in [6.07, 6.45) is 19.3.